The van der Waals surface area contributed by atoms with E-state index in [4.69, 9.17) is 9.41 Å². The lowest BCUT2D eigenvalue weighted by Gasteiger charge is -2.35. The van der Waals surface area contributed by atoms with Gasteiger partial charge in [0.2, 0.25) is 0 Å². The maximum atomic E-state index is 6.26. The molecule has 11 aromatic rings. The minimum Gasteiger partial charge on any atom is -0.456 e. The Hall–Kier alpha value is -7.79. The Bertz CT molecular complexity index is 3600. The summed E-state index contributed by atoms with van der Waals surface area (Å²) in [4.78, 5) is 5.43. The summed E-state index contributed by atoms with van der Waals surface area (Å²) < 4.78 is 8.70. The largest absolute Gasteiger partial charge is 0.456 e. The predicted molar refractivity (Wildman–Crippen MR) is 292 cm³/mol. The number of aromatic nitrogens is 1. The quantitative estimate of drug-likeness (QED) is 0.147. The highest BCUT2D eigenvalue weighted by atomic mass is 16.3. The van der Waals surface area contributed by atoms with E-state index in [9.17, 15) is 0 Å². The molecule has 9 aromatic carbocycles. The van der Waals surface area contributed by atoms with Gasteiger partial charge in [-0.1, -0.05) is 198 Å². The fraction of sp³-hybridized carbons (Fsp3) is 0.154. The van der Waals surface area contributed by atoms with Crippen molar-refractivity contribution in [2.45, 2.75) is 66.1 Å². The molecular formula is C65H59N3O. The summed E-state index contributed by atoms with van der Waals surface area (Å²) in [7, 11) is 0. The van der Waals surface area contributed by atoms with Crippen LogP contribution in [0.3, 0.4) is 0 Å². The Labute approximate surface area is 406 Å². The van der Waals surface area contributed by atoms with E-state index in [1.54, 1.807) is 0 Å². The molecule has 2 atom stereocenters. The lowest BCUT2D eigenvalue weighted by atomic mass is 9.66. The van der Waals surface area contributed by atoms with E-state index < -0.39 is 5.41 Å². The van der Waals surface area contributed by atoms with Crippen molar-refractivity contribution in [3.05, 3.63) is 257 Å². The van der Waals surface area contributed by atoms with Crippen molar-refractivity contribution in [2.24, 2.45) is 4.99 Å². The maximum Gasteiger partial charge on any atom is 0.136 e. The average molecular weight is 898 g/mol. The van der Waals surface area contributed by atoms with Gasteiger partial charge in [-0.25, -0.2) is 0 Å². The zero-order chi connectivity index (χ0) is 47.6. The second-order valence-corrected chi connectivity index (χ2v) is 17.5. The van der Waals surface area contributed by atoms with Crippen LogP contribution in [0.25, 0.3) is 60.6 Å². The van der Waals surface area contributed by atoms with Crippen LogP contribution >= 0.6 is 0 Å². The molecular weight excluding hydrogens is 839 g/mol. The summed E-state index contributed by atoms with van der Waals surface area (Å²) in [6.45, 7) is 14.6. The SMILES string of the molecule is C/C(=N\C(NC(C)c1cccc(-n2c3ccccc3c3cc(C4(c5ccccc5C)c5ccccc5-c5ccccc54)ccc32)c1)c1ccccc1)c1cccc2oc3ccccc3c12.CC.CC. The standard InChI is InChI=1S/C61H47N3O.2C2H6/c1-39-19-7-12-29-52(39)61(53-30-13-8-24-47(53)48-25-9-14-31-54(48)61)44-35-36-56-51(38-44)49-26-10-15-32-55(49)64(56)45-23-17-22-43(37-45)40(2)62-60(42-20-5-4-6-21-42)63-41(3)46-28-18-34-58-59(46)50-27-11-16-33-57(50)65-58;2*1-2/h4-38,40,60,62H,1-3H3;2*1-2H3/b63-41+;;. The van der Waals surface area contributed by atoms with Crippen LogP contribution in [0.4, 0.5) is 0 Å². The molecule has 2 heterocycles. The van der Waals surface area contributed by atoms with Gasteiger partial charge in [-0.3, -0.25) is 10.3 Å². The van der Waals surface area contributed by atoms with Crippen molar-refractivity contribution in [3.63, 3.8) is 0 Å². The zero-order valence-corrected chi connectivity index (χ0v) is 40.7. The number of para-hydroxylation sites is 2. The van der Waals surface area contributed by atoms with Crippen LogP contribution in [0.5, 0.6) is 0 Å². The summed E-state index contributed by atoms with van der Waals surface area (Å²) in [5, 5.41) is 8.60. The van der Waals surface area contributed by atoms with Gasteiger partial charge in [0.05, 0.1) is 16.4 Å². The van der Waals surface area contributed by atoms with Gasteiger partial charge < -0.3 is 8.98 Å². The normalized spacial score (nSPS) is 13.6. The van der Waals surface area contributed by atoms with Gasteiger partial charge in [0.1, 0.15) is 17.3 Å². The molecule has 0 fully saturated rings. The number of nitrogens with zero attached hydrogens (tertiary/aromatic N) is 2. The van der Waals surface area contributed by atoms with Crippen LogP contribution in [0.15, 0.2) is 222 Å². The fourth-order valence-corrected chi connectivity index (χ4v) is 10.9. The van der Waals surface area contributed by atoms with E-state index in [0.717, 1.165) is 44.5 Å². The molecule has 0 amide bonds. The highest BCUT2D eigenvalue weighted by Gasteiger charge is 2.46. The van der Waals surface area contributed by atoms with Crippen molar-refractivity contribution in [1.29, 1.82) is 0 Å². The summed E-state index contributed by atoms with van der Waals surface area (Å²) in [5.41, 5.74) is 18.2. The Morgan fingerprint density at radius 1 is 0.522 bits per heavy atom. The molecule has 0 saturated carbocycles. The van der Waals surface area contributed by atoms with Crippen molar-refractivity contribution >= 4 is 49.5 Å². The Balaban J connectivity index is 0.00000135. The van der Waals surface area contributed by atoms with Gasteiger partial charge in [0.25, 0.3) is 0 Å². The Morgan fingerprint density at radius 2 is 1.10 bits per heavy atom. The van der Waals surface area contributed by atoms with Gasteiger partial charge in [0.15, 0.2) is 0 Å². The third-order valence-electron chi connectivity index (χ3n) is 13.9. The highest BCUT2D eigenvalue weighted by molar-refractivity contribution is 6.18. The molecule has 0 bridgehead atoms. The number of aryl methyl sites for hydroxylation is 1. The highest BCUT2D eigenvalue weighted by Crippen LogP contribution is 2.57. The number of fused-ring (bicyclic) bond motifs is 9. The molecule has 340 valence electrons. The van der Waals surface area contributed by atoms with Gasteiger partial charge in [0, 0.05) is 44.5 Å². The number of nitrogens with one attached hydrogen (secondary N) is 1. The predicted octanol–water partition coefficient (Wildman–Crippen LogP) is 17.3. The van der Waals surface area contributed by atoms with E-state index >= 15 is 0 Å². The molecule has 0 spiro atoms. The van der Waals surface area contributed by atoms with Gasteiger partial charge in [-0.2, -0.15) is 0 Å². The summed E-state index contributed by atoms with van der Waals surface area (Å²) in [6, 6.07) is 77.0. The number of hydrogen-bond acceptors (Lipinski definition) is 3. The summed E-state index contributed by atoms with van der Waals surface area (Å²) in [5.74, 6) is 0. The van der Waals surface area contributed by atoms with Crippen molar-refractivity contribution < 1.29 is 4.42 Å². The molecule has 1 N–H and O–H groups in total. The first kappa shape index (κ1) is 45.0. The molecule has 1 aliphatic rings. The smallest absolute Gasteiger partial charge is 0.136 e. The first-order chi connectivity index (χ1) is 34.0. The second kappa shape index (κ2) is 19.1. The Kier molecular flexibility index (Phi) is 12.4. The number of benzene rings is 9. The van der Waals surface area contributed by atoms with Crippen molar-refractivity contribution in [3.8, 4) is 16.8 Å². The monoisotopic (exact) mass is 897 g/mol. The second-order valence-electron chi connectivity index (χ2n) is 17.5. The van der Waals surface area contributed by atoms with Crippen molar-refractivity contribution in [2.75, 3.05) is 0 Å². The van der Waals surface area contributed by atoms with E-state index in [2.05, 4.69) is 225 Å². The lowest BCUT2D eigenvalue weighted by Crippen LogP contribution is -2.29. The van der Waals surface area contributed by atoms with Crippen molar-refractivity contribution in [1.82, 2.24) is 9.88 Å². The van der Waals surface area contributed by atoms with E-state index in [-0.39, 0.29) is 12.2 Å². The summed E-state index contributed by atoms with van der Waals surface area (Å²) >= 11 is 0. The van der Waals surface area contributed by atoms with E-state index in [1.807, 2.05) is 45.9 Å². The minimum atomic E-state index is -0.480. The first-order valence-electron chi connectivity index (χ1n) is 24.6. The lowest BCUT2D eigenvalue weighted by molar-refractivity contribution is 0.481. The van der Waals surface area contributed by atoms with Gasteiger partial charge >= 0.3 is 0 Å². The minimum absolute atomic E-state index is 0.0292. The van der Waals surface area contributed by atoms with Crippen LogP contribution in [-0.2, 0) is 5.41 Å². The Morgan fingerprint density at radius 3 is 1.84 bits per heavy atom. The zero-order valence-electron chi connectivity index (χ0n) is 40.7. The fourth-order valence-electron chi connectivity index (χ4n) is 10.9. The molecule has 2 aromatic heterocycles. The van der Waals surface area contributed by atoms with Crippen LogP contribution < -0.4 is 5.32 Å². The van der Waals surface area contributed by atoms with Gasteiger partial charge in [-0.15, -0.1) is 0 Å². The van der Waals surface area contributed by atoms with Gasteiger partial charge in [-0.05, 0) is 113 Å². The molecule has 1 aliphatic carbocycles. The van der Waals surface area contributed by atoms with Crippen LogP contribution in [0.1, 0.15) is 98.3 Å². The van der Waals surface area contributed by atoms with E-state index in [1.165, 1.54) is 66.3 Å². The van der Waals surface area contributed by atoms with E-state index in [0.29, 0.717) is 0 Å². The molecule has 4 heteroatoms. The number of rotatable bonds is 9. The summed E-state index contributed by atoms with van der Waals surface area (Å²) in [6.07, 6.45) is -0.290. The molecule has 12 rings (SSSR count). The number of aliphatic imine (C=N–C) groups is 1. The number of furan rings is 1. The van der Waals surface area contributed by atoms with Crippen LogP contribution in [0.2, 0.25) is 0 Å². The average Bonchev–Trinajstić information content (AvgIpc) is 4.06. The molecule has 0 aliphatic heterocycles. The van der Waals surface area contributed by atoms with Crippen LogP contribution in [0, 0.1) is 6.92 Å². The van der Waals surface area contributed by atoms with Crippen LogP contribution in [-0.4, -0.2) is 10.3 Å². The topological polar surface area (TPSA) is 42.5 Å². The third-order valence-corrected chi connectivity index (χ3v) is 13.9. The molecule has 0 radical (unpaired) electrons. The molecule has 69 heavy (non-hydrogen) atoms. The molecule has 2 unspecified atom stereocenters. The third kappa shape index (κ3) is 7.57. The molecule has 0 saturated heterocycles. The molecule has 4 nitrogen and oxygen atoms in total. The number of hydrogen-bond donors (Lipinski definition) is 1. The maximum absolute atomic E-state index is 6.26. The first-order valence-corrected chi connectivity index (χ1v) is 24.6.